The van der Waals surface area contributed by atoms with Crippen LogP contribution in [0.1, 0.15) is 31.9 Å². The number of nitrogens with zero attached hydrogens (tertiary/aromatic N) is 1. The summed E-state index contributed by atoms with van der Waals surface area (Å²) in [6.45, 7) is 4.76. The number of hydrogen-bond acceptors (Lipinski definition) is 2. The predicted molar refractivity (Wildman–Crippen MR) is 87.6 cm³/mol. The number of amides is 2. The molecule has 1 fully saturated rings. The highest BCUT2D eigenvalue weighted by molar-refractivity contribution is 9.10. The highest BCUT2D eigenvalue weighted by Gasteiger charge is 2.32. The first-order valence-corrected chi connectivity index (χ1v) is 8.20. The molecule has 120 valence electrons. The van der Waals surface area contributed by atoms with Gasteiger partial charge in [-0.1, -0.05) is 41.1 Å². The minimum absolute atomic E-state index is 0.149. The molecule has 1 aliphatic heterocycles. The van der Waals surface area contributed by atoms with Crippen LogP contribution < -0.4 is 5.32 Å². The SMILES string of the molecule is CC1CC(C(=O)O)CN(C(=O)NC(C)c2ccccc2Br)C1. The molecule has 0 spiro atoms. The number of benzene rings is 1. The summed E-state index contributed by atoms with van der Waals surface area (Å²) >= 11 is 3.48. The van der Waals surface area contributed by atoms with Crippen LogP contribution in [0.25, 0.3) is 0 Å². The summed E-state index contributed by atoms with van der Waals surface area (Å²) in [4.78, 5) is 25.2. The molecule has 0 saturated carbocycles. The minimum atomic E-state index is -0.830. The van der Waals surface area contributed by atoms with Crippen molar-refractivity contribution in [1.29, 1.82) is 0 Å². The molecule has 0 aromatic heterocycles. The zero-order valence-corrected chi connectivity index (χ0v) is 14.3. The van der Waals surface area contributed by atoms with Gasteiger partial charge in [-0.3, -0.25) is 4.79 Å². The number of urea groups is 1. The van der Waals surface area contributed by atoms with Crippen molar-refractivity contribution >= 4 is 27.9 Å². The lowest BCUT2D eigenvalue weighted by molar-refractivity contribution is -0.143. The van der Waals surface area contributed by atoms with E-state index < -0.39 is 11.9 Å². The maximum Gasteiger partial charge on any atom is 0.317 e. The molecule has 2 N–H and O–H groups in total. The number of rotatable bonds is 3. The van der Waals surface area contributed by atoms with Crippen LogP contribution in [-0.4, -0.2) is 35.1 Å². The Hall–Kier alpha value is -1.56. The van der Waals surface area contributed by atoms with E-state index in [0.29, 0.717) is 13.0 Å². The summed E-state index contributed by atoms with van der Waals surface area (Å²) < 4.78 is 0.943. The smallest absolute Gasteiger partial charge is 0.317 e. The summed E-state index contributed by atoms with van der Waals surface area (Å²) in [5.41, 5.74) is 0.996. The van der Waals surface area contributed by atoms with Crippen molar-refractivity contribution in [2.24, 2.45) is 11.8 Å². The number of carbonyl (C=O) groups is 2. The van der Waals surface area contributed by atoms with E-state index in [1.165, 1.54) is 0 Å². The fourth-order valence-corrected chi connectivity index (χ4v) is 3.50. The first-order valence-electron chi connectivity index (χ1n) is 7.41. The van der Waals surface area contributed by atoms with Crippen molar-refractivity contribution in [2.75, 3.05) is 13.1 Å². The quantitative estimate of drug-likeness (QED) is 0.859. The first kappa shape index (κ1) is 16.8. The molecule has 1 aromatic rings. The van der Waals surface area contributed by atoms with Crippen LogP contribution in [0.15, 0.2) is 28.7 Å². The number of piperidine rings is 1. The van der Waals surface area contributed by atoms with E-state index in [1.807, 2.05) is 38.1 Å². The summed E-state index contributed by atoms with van der Waals surface area (Å²) in [6.07, 6.45) is 0.624. The Labute approximate surface area is 138 Å². The van der Waals surface area contributed by atoms with Crippen LogP contribution in [0.3, 0.4) is 0 Å². The third-order valence-electron chi connectivity index (χ3n) is 4.01. The van der Waals surface area contributed by atoms with Gasteiger partial charge in [-0.05, 0) is 30.9 Å². The van der Waals surface area contributed by atoms with Gasteiger partial charge in [0.25, 0.3) is 0 Å². The molecule has 1 aliphatic rings. The maximum absolute atomic E-state index is 12.4. The Morgan fingerprint density at radius 1 is 1.36 bits per heavy atom. The lowest BCUT2D eigenvalue weighted by Crippen LogP contribution is -2.49. The third-order valence-corrected chi connectivity index (χ3v) is 4.73. The number of hydrogen-bond donors (Lipinski definition) is 2. The molecule has 1 saturated heterocycles. The van der Waals surface area contributed by atoms with Gasteiger partial charge in [0, 0.05) is 17.6 Å². The molecule has 22 heavy (non-hydrogen) atoms. The third kappa shape index (κ3) is 4.00. The van der Waals surface area contributed by atoms with Crippen molar-refractivity contribution in [3.05, 3.63) is 34.3 Å². The topological polar surface area (TPSA) is 69.6 Å². The Bertz CT molecular complexity index is 564. The lowest BCUT2D eigenvalue weighted by atomic mass is 9.91. The van der Waals surface area contributed by atoms with Crippen LogP contribution in [0, 0.1) is 11.8 Å². The van der Waals surface area contributed by atoms with Gasteiger partial charge in [0.15, 0.2) is 0 Å². The standard InChI is InChI=1S/C16H21BrN2O3/c1-10-7-12(15(20)21)9-19(8-10)16(22)18-11(2)13-5-3-4-6-14(13)17/h3-6,10-12H,7-9H2,1-2H3,(H,18,22)(H,20,21). The van der Waals surface area contributed by atoms with Crippen molar-refractivity contribution in [1.82, 2.24) is 10.2 Å². The van der Waals surface area contributed by atoms with Gasteiger partial charge in [-0.25, -0.2) is 4.79 Å². The number of likely N-dealkylation sites (tertiary alicyclic amines) is 1. The predicted octanol–water partition coefficient (Wildman–Crippen LogP) is 3.26. The minimum Gasteiger partial charge on any atom is -0.481 e. The second-order valence-electron chi connectivity index (χ2n) is 5.97. The van der Waals surface area contributed by atoms with E-state index >= 15 is 0 Å². The number of aliphatic carboxylic acids is 1. The van der Waals surface area contributed by atoms with Gasteiger partial charge in [0.05, 0.1) is 12.0 Å². The molecule has 3 atom stereocenters. The van der Waals surface area contributed by atoms with E-state index in [9.17, 15) is 14.7 Å². The lowest BCUT2D eigenvalue weighted by Gasteiger charge is -2.35. The van der Waals surface area contributed by atoms with Crippen molar-refractivity contribution in [3.63, 3.8) is 0 Å². The van der Waals surface area contributed by atoms with E-state index in [0.717, 1.165) is 10.0 Å². The first-order chi connectivity index (χ1) is 10.4. The number of carboxylic acid groups (broad SMARTS) is 1. The average molecular weight is 369 g/mol. The highest BCUT2D eigenvalue weighted by Crippen LogP contribution is 2.25. The fourth-order valence-electron chi connectivity index (χ4n) is 2.88. The zero-order chi connectivity index (χ0) is 16.3. The van der Waals surface area contributed by atoms with Crippen LogP contribution in [0.2, 0.25) is 0 Å². The molecule has 0 radical (unpaired) electrons. The number of nitrogens with one attached hydrogen (secondary N) is 1. The van der Waals surface area contributed by atoms with Crippen LogP contribution in [-0.2, 0) is 4.79 Å². The zero-order valence-electron chi connectivity index (χ0n) is 12.8. The van der Waals surface area contributed by atoms with Crippen molar-refractivity contribution in [3.8, 4) is 0 Å². The molecule has 2 rings (SSSR count). The van der Waals surface area contributed by atoms with Crippen molar-refractivity contribution < 1.29 is 14.7 Å². The molecular weight excluding hydrogens is 348 g/mol. The molecule has 1 aromatic carbocycles. The van der Waals surface area contributed by atoms with Gasteiger partial charge in [-0.15, -0.1) is 0 Å². The summed E-state index contributed by atoms with van der Waals surface area (Å²) in [5, 5.41) is 12.1. The summed E-state index contributed by atoms with van der Waals surface area (Å²) in [7, 11) is 0. The normalized spacial score (nSPS) is 23.0. The van der Waals surface area contributed by atoms with Crippen LogP contribution in [0.5, 0.6) is 0 Å². The fraction of sp³-hybridized carbons (Fsp3) is 0.500. The molecule has 0 bridgehead atoms. The summed E-state index contributed by atoms with van der Waals surface area (Å²) in [5.74, 6) is -1.11. The molecule has 0 aliphatic carbocycles. The van der Waals surface area contributed by atoms with Crippen LogP contribution in [0.4, 0.5) is 4.79 Å². The van der Waals surface area contributed by atoms with Gasteiger partial charge < -0.3 is 15.3 Å². The molecule has 6 heteroatoms. The Balaban J connectivity index is 2.02. The Kier molecular flexibility index (Phi) is 5.45. The van der Waals surface area contributed by atoms with Gasteiger partial charge in [-0.2, -0.15) is 0 Å². The molecule has 3 unspecified atom stereocenters. The number of halogens is 1. The average Bonchev–Trinajstić information content (AvgIpc) is 2.46. The van der Waals surface area contributed by atoms with E-state index in [4.69, 9.17) is 0 Å². The maximum atomic E-state index is 12.4. The highest BCUT2D eigenvalue weighted by atomic mass is 79.9. The Morgan fingerprint density at radius 3 is 2.68 bits per heavy atom. The van der Waals surface area contributed by atoms with E-state index in [1.54, 1.807) is 4.90 Å². The number of carboxylic acids is 1. The molecule has 2 amide bonds. The van der Waals surface area contributed by atoms with Gasteiger partial charge >= 0.3 is 12.0 Å². The molecule has 5 nitrogen and oxygen atoms in total. The Morgan fingerprint density at radius 2 is 2.05 bits per heavy atom. The molecular formula is C16H21BrN2O3. The van der Waals surface area contributed by atoms with E-state index in [-0.39, 0.29) is 24.5 Å². The summed E-state index contributed by atoms with van der Waals surface area (Å²) in [6, 6.07) is 7.37. The number of carbonyl (C=O) groups excluding carboxylic acids is 1. The van der Waals surface area contributed by atoms with Crippen LogP contribution >= 0.6 is 15.9 Å². The second kappa shape index (κ2) is 7.13. The monoisotopic (exact) mass is 368 g/mol. The second-order valence-corrected chi connectivity index (χ2v) is 6.83. The molecule has 1 heterocycles. The largest absolute Gasteiger partial charge is 0.481 e. The van der Waals surface area contributed by atoms with Gasteiger partial charge in [0.1, 0.15) is 0 Å². The van der Waals surface area contributed by atoms with E-state index in [2.05, 4.69) is 21.2 Å². The van der Waals surface area contributed by atoms with Crippen molar-refractivity contribution in [2.45, 2.75) is 26.3 Å². The van der Waals surface area contributed by atoms with Gasteiger partial charge in [0.2, 0.25) is 0 Å².